The highest BCUT2D eigenvalue weighted by Crippen LogP contribution is 2.43. The number of fused-ring (bicyclic) bond motifs is 1. The molecule has 0 amide bonds. The maximum Gasteiger partial charge on any atom is 0.342 e. The van der Waals surface area contributed by atoms with Gasteiger partial charge in [-0.15, -0.1) is 0 Å². The number of hydrogen-bond donors (Lipinski definition) is 1. The molecule has 0 saturated carbocycles. The molecule has 1 N–H and O–H groups in total. The number of hydrogen-bond acceptors (Lipinski definition) is 6. The lowest BCUT2D eigenvalue weighted by atomic mass is 10.1. The summed E-state index contributed by atoms with van der Waals surface area (Å²) in [7, 11) is 3.18. The quantitative estimate of drug-likeness (QED) is 0.405. The minimum atomic E-state index is -0.446. The Balaban J connectivity index is 2.03. The highest BCUT2D eigenvalue weighted by molar-refractivity contribution is 9.11. The van der Waals surface area contributed by atoms with Crippen molar-refractivity contribution in [3.63, 3.8) is 0 Å². The first-order valence-corrected chi connectivity index (χ1v) is 10.1. The Morgan fingerprint density at radius 2 is 1.86 bits per heavy atom. The lowest BCUT2D eigenvalue weighted by molar-refractivity contribution is 0.0526. The number of benzene rings is 2. The van der Waals surface area contributed by atoms with Gasteiger partial charge in [0, 0.05) is 5.69 Å². The van der Waals surface area contributed by atoms with Crippen molar-refractivity contribution in [1.29, 1.82) is 0 Å². The fraction of sp³-hybridized carbons (Fsp3) is 0.250. The molecule has 0 unspecified atom stereocenters. The number of carbonyl (C=O) groups excluding carboxylic acids is 1. The van der Waals surface area contributed by atoms with Gasteiger partial charge < -0.3 is 23.9 Å². The number of carbonyl (C=O) groups is 1. The van der Waals surface area contributed by atoms with Gasteiger partial charge in [0.2, 0.25) is 0 Å². The van der Waals surface area contributed by atoms with Crippen molar-refractivity contribution in [2.24, 2.45) is 0 Å². The zero-order chi connectivity index (χ0) is 20.3. The van der Waals surface area contributed by atoms with Crippen LogP contribution in [0.15, 0.2) is 43.7 Å². The summed E-state index contributed by atoms with van der Waals surface area (Å²) in [4.78, 5) is 12.7. The first-order valence-electron chi connectivity index (χ1n) is 8.52. The van der Waals surface area contributed by atoms with Crippen LogP contribution in [-0.2, 0) is 11.3 Å². The van der Waals surface area contributed by atoms with Gasteiger partial charge in [-0.25, -0.2) is 4.79 Å². The zero-order valence-electron chi connectivity index (χ0n) is 15.6. The fourth-order valence-corrected chi connectivity index (χ4v) is 4.44. The van der Waals surface area contributed by atoms with Gasteiger partial charge in [0.05, 0.1) is 41.7 Å². The van der Waals surface area contributed by atoms with E-state index in [9.17, 15) is 4.79 Å². The SMILES string of the molecule is CCOC(=O)c1c(CNc2ccc(OC)cc2)oc2cc(Br)c(OC)c(Br)c12. The Labute approximate surface area is 179 Å². The summed E-state index contributed by atoms with van der Waals surface area (Å²) in [5, 5.41) is 3.87. The van der Waals surface area contributed by atoms with Gasteiger partial charge in [0.1, 0.15) is 28.4 Å². The highest BCUT2D eigenvalue weighted by atomic mass is 79.9. The van der Waals surface area contributed by atoms with Gasteiger partial charge in [-0.1, -0.05) is 0 Å². The second-order valence-corrected chi connectivity index (χ2v) is 7.43. The molecule has 0 aliphatic rings. The van der Waals surface area contributed by atoms with Crippen LogP contribution >= 0.6 is 31.9 Å². The Kier molecular flexibility index (Phi) is 6.51. The van der Waals surface area contributed by atoms with E-state index in [1.54, 1.807) is 27.2 Å². The summed E-state index contributed by atoms with van der Waals surface area (Å²) >= 11 is 6.99. The summed E-state index contributed by atoms with van der Waals surface area (Å²) in [6, 6.07) is 9.26. The van der Waals surface area contributed by atoms with Crippen molar-refractivity contribution in [2.75, 3.05) is 26.1 Å². The van der Waals surface area contributed by atoms with Crippen LogP contribution in [0.2, 0.25) is 0 Å². The number of anilines is 1. The molecular formula is C20H19Br2NO5. The lowest BCUT2D eigenvalue weighted by Crippen LogP contribution is -2.09. The Morgan fingerprint density at radius 1 is 1.14 bits per heavy atom. The monoisotopic (exact) mass is 511 g/mol. The molecule has 0 spiro atoms. The fourth-order valence-electron chi connectivity index (χ4n) is 2.84. The zero-order valence-corrected chi connectivity index (χ0v) is 18.8. The predicted octanol–water partition coefficient (Wildman–Crippen LogP) is 5.76. The molecule has 0 aliphatic heterocycles. The average Bonchev–Trinajstić information content (AvgIpc) is 3.05. The Hall–Kier alpha value is -2.19. The van der Waals surface area contributed by atoms with Crippen LogP contribution in [0.3, 0.4) is 0 Å². The van der Waals surface area contributed by atoms with E-state index in [0.29, 0.717) is 43.5 Å². The molecule has 28 heavy (non-hydrogen) atoms. The van der Waals surface area contributed by atoms with E-state index in [0.717, 1.165) is 11.4 Å². The van der Waals surface area contributed by atoms with Crippen molar-refractivity contribution in [2.45, 2.75) is 13.5 Å². The molecule has 3 rings (SSSR count). The molecule has 0 radical (unpaired) electrons. The van der Waals surface area contributed by atoms with Crippen molar-refractivity contribution in [3.05, 3.63) is 50.6 Å². The van der Waals surface area contributed by atoms with Crippen LogP contribution < -0.4 is 14.8 Å². The predicted molar refractivity (Wildman–Crippen MR) is 114 cm³/mol. The summed E-state index contributed by atoms with van der Waals surface area (Å²) < 4.78 is 23.2. The third-order valence-corrected chi connectivity index (χ3v) is 5.47. The van der Waals surface area contributed by atoms with Crippen molar-refractivity contribution in [1.82, 2.24) is 0 Å². The Bertz CT molecular complexity index is 998. The third-order valence-electron chi connectivity index (χ3n) is 4.13. The molecule has 3 aromatic rings. The maximum absolute atomic E-state index is 12.7. The van der Waals surface area contributed by atoms with Gasteiger partial charge in [-0.05, 0) is 69.1 Å². The number of rotatable bonds is 7. The first kappa shape index (κ1) is 20.5. The van der Waals surface area contributed by atoms with Crippen molar-refractivity contribution >= 4 is 54.5 Å². The molecule has 2 aromatic carbocycles. The minimum absolute atomic E-state index is 0.266. The number of halogens is 2. The van der Waals surface area contributed by atoms with Crippen LogP contribution in [0.4, 0.5) is 5.69 Å². The molecule has 0 atom stereocenters. The van der Waals surface area contributed by atoms with E-state index in [1.807, 2.05) is 24.3 Å². The number of esters is 1. The number of ether oxygens (including phenoxy) is 3. The van der Waals surface area contributed by atoms with Crippen LogP contribution in [0.25, 0.3) is 11.0 Å². The van der Waals surface area contributed by atoms with E-state index >= 15 is 0 Å². The van der Waals surface area contributed by atoms with E-state index in [1.165, 1.54) is 0 Å². The van der Waals surface area contributed by atoms with Gasteiger partial charge in [0.15, 0.2) is 0 Å². The number of methoxy groups -OCH3 is 2. The molecule has 148 valence electrons. The second kappa shape index (κ2) is 8.87. The molecule has 0 bridgehead atoms. The Morgan fingerprint density at radius 3 is 2.46 bits per heavy atom. The maximum atomic E-state index is 12.7. The largest absolute Gasteiger partial charge is 0.497 e. The van der Waals surface area contributed by atoms with Crippen molar-refractivity contribution in [3.8, 4) is 11.5 Å². The minimum Gasteiger partial charge on any atom is -0.497 e. The molecule has 0 aliphatic carbocycles. The smallest absolute Gasteiger partial charge is 0.342 e. The molecule has 6 nitrogen and oxygen atoms in total. The molecule has 0 fully saturated rings. The second-order valence-electron chi connectivity index (χ2n) is 5.78. The van der Waals surface area contributed by atoms with E-state index < -0.39 is 5.97 Å². The summed E-state index contributed by atoms with van der Waals surface area (Å²) in [6.07, 6.45) is 0. The molecule has 0 saturated heterocycles. The van der Waals surface area contributed by atoms with Crippen molar-refractivity contribution < 1.29 is 23.4 Å². The number of nitrogens with one attached hydrogen (secondary N) is 1. The van der Waals surface area contributed by atoms with Gasteiger partial charge >= 0.3 is 5.97 Å². The molecule has 8 heteroatoms. The molecule has 1 heterocycles. The topological polar surface area (TPSA) is 69.9 Å². The van der Waals surface area contributed by atoms with Gasteiger partial charge in [0.25, 0.3) is 0 Å². The first-order chi connectivity index (χ1) is 13.5. The molecular weight excluding hydrogens is 494 g/mol. The standard InChI is InChI=1S/C20H19Br2NO5/c1-4-27-20(24)17-15(10-23-11-5-7-12(25-2)8-6-11)28-14-9-13(21)19(26-3)18(22)16(14)17/h5-9,23H,4,10H2,1-3H3. The molecule has 1 aromatic heterocycles. The summed E-state index contributed by atoms with van der Waals surface area (Å²) in [5.41, 5.74) is 1.79. The number of furan rings is 1. The van der Waals surface area contributed by atoms with E-state index in [2.05, 4.69) is 37.2 Å². The van der Waals surface area contributed by atoms with Crippen LogP contribution in [-0.4, -0.2) is 26.8 Å². The summed E-state index contributed by atoms with van der Waals surface area (Å²) in [6.45, 7) is 2.34. The van der Waals surface area contributed by atoms with E-state index in [4.69, 9.17) is 18.6 Å². The lowest BCUT2D eigenvalue weighted by Gasteiger charge is -2.09. The van der Waals surface area contributed by atoms with Crippen LogP contribution in [0.5, 0.6) is 11.5 Å². The van der Waals surface area contributed by atoms with Crippen LogP contribution in [0, 0.1) is 0 Å². The van der Waals surface area contributed by atoms with Gasteiger partial charge in [-0.2, -0.15) is 0 Å². The highest BCUT2D eigenvalue weighted by Gasteiger charge is 2.26. The third kappa shape index (κ3) is 3.98. The van der Waals surface area contributed by atoms with Gasteiger partial charge in [-0.3, -0.25) is 0 Å². The normalized spacial score (nSPS) is 10.8. The summed E-state index contributed by atoms with van der Waals surface area (Å²) in [5.74, 6) is 1.37. The van der Waals surface area contributed by atoms with E-state index in [-0.39, 0.29) is 6.61 Å². The average molecular weight is 513 g/mol. The van der Waals surface area contributed by atoms with Crippen LogP contribution in [0.1, 0.15) is 23.0 Å².